The van der Waals surface area contributed by atoms with E-state index in [9.17, 15) is 18.0 Å². The van der Waals surface area contributed by atoms with Gasteiger partial charge in [-0.05, 0) is 62.6 Å². The van der Waals surface area contributed by atoms with Gasteiger partial charge in [-0.15, -0.1) is 0 Å². The van der Waals surface area contributed by atoms with Crippen LogP contribution < -0.4 is 10.1 Å². The number of fused-ring (bicyclic) bond motifs is 1. The lowest BCUT2D eigenvalue weighted by molar-refractivity contribution is 0.0620. The molecule has 0 aliphatic carbocycles. The molecular weight excluding hydrogens is 416 g/mol. The second-order valence-corrected chi connectivity index (χ2v) is 10.5. The van der Waals surface area contributed by atoms with Gasteiger partial charge in [-0.2, -0.15) is 4.31 Å². The second-order valence-electron chi connectivity index (χ2n) is 8.61. The van der Waals surface area contributed by atoms with Crippen LogP contribution in [0.3, 0.4) is 0 Å². The third-order valence-electron chi connectivity index (χ3n) is 5.59. The van der Waals surface area contributed by atoms with E-state index in [2.05, 4.69) is 5.32 Å². The van der Waals surface area contributed by atoms with Gasteiger partial charge in [-0.3, -0.25) is 9.59 Å². The van der Waals surface area contributed by atoms with Gasteiger partial charge >= 0.3 is 0 Å². The molecule has 0 atom stereocenters. The SMILES string of the molecule is CC1(C)CC(=O)c2cc(C(=O)NCc3ccc(S(=O)(=O)N4CCCC4)cc3)ccc2O1. The van der Waals surface area contributed by atoms with Crippen molar-refractivity contribution in [3.63, 3.8) is 0 Å². The van der Waals surface area contributed by atoms with E-state index in [0.29, 0.717) is 30.0 Å². The van der Waals surface area contributed by atoms with Crippen molar-refractivity contribution in [3.8, 4) is 5.75 Å². The number of ether oxygens (including phenoxy) is 1. The molecule has 0 unspecified atom stereocenters. The molecule has 2 heterocycles. The highest BCUT2D eigenvalue weighted by atomic mass is 32.2. The van der Waals surface area contributed by atoms with Crippen molar-refractivity contribution < 1.29 is 22.7 Å². The topological polar surface area (TPSA) is 92.8 Å². The summed E-state index contributed by atoms with van der Waals surface area (Å²) < 4.78 is 32.5. The summed E-state index contributed by atoms with van der Waals surface area (Å²) in [4.78, 5) is 25.2. The maximum atomic E-state index is 12.6. The molecule has 1 fully saturated rings. The number of carbonyl (C=O) groups is 2. The maximum Gasteiger partial charge on any atom is 0.251 e. The highest BCUT2D eigenvalue weighted by molar-refractivity contribution is 7.89. The van der Waals surface area contributed by atoms with Crippen molar-refractivity contribution >= 4 is 21.7 Å². The summed E-state index contributed by atoms with van der Waals surface area (Å²) in [6.45, 7) is 5.08. The Kier molecular flexibility index (Phi) is 5.61. The summed E-state index contributed by atoms with van der Waals surface area (Å²) in [5.41, 5.74) is 1.03. The molecule has 0 radical (unpaired) electrons. The van der Waals surface area contributed by atoms with Gasteiger partial charge in [0.1, 0.15) is 11.4 Å². The molecule has 2 aromatic carbocycles. The zero-order valence-corrected chi connectivity index (χ0v) is 18.5. The van der Waals surface area contributed by atoms with Crippen molar-refractivity contribution in [3.05, 3.63) is 59.2 Å². The molecule has 2 aliphatic rings. The lowest BCUT2D eigenvalue weighted by Crippen LogP contribution is -2.36. The molecule has 1 N–H and O–H groups in total. The number of ketones is 1. The number of Topliss-reactive ketones (excluding diaryl/α,β-unsaturated/α-hetero) is 1. The molecule has 1 amide bonds. The molecule has 0 aromatic heterocycles. The van der Waals surface area contributed by atoms with Gasteiger partial charge in [0, 0.05) is 25.2 Å². The monoisotopic (exact) mass is 442 g/mol. The van der Waals surface area contributed by atoms with Gasteiger partial charge in [0.15, 0.2) is 5.78 Å². The van der Waals surface area contributed by atoms with Gasteiger partial charge in [0.2, 0.25) is 10.0 Å². The number of nitrogens with zero attached hydrogens (tertiary/aromatic N) is 1. The highest BCUT2D eigenvalue weighted by Crippen LogP contribution is 2.33. The Morgan fingerprint density at radius 1 is 1.10 bits per heavy atom. The zero-order valence-electron chi connectivity index (χ0n) is 17.7. The molecule has 164 valence electrons. The lowest BCUT2D eigenvalue weighted by Gasteiger charge is -2.31. The fraction of sp³-hybridized carbons (Fsp3) is 0.391. The molecule has 31 heavy (non-hydrogen) atoms. The van der Waals surface area contributed by atoms with Crippen LogP contribution in [0.2, 0.25) is 0 Å². The molecule has 7 nitrogen and oxygen atoms in total. The van der Waals surface area contributed by atoms with Crippen LogP contribution in [-0.2, 0) is 16.6 Å². The van der Waals surface area contributed by atoms with Crippen molar-refractivity contribution in [2.75, 3.05) is 13.1 Å². The fourth-order valence-corrected chi connectivity index (χ4v) is 5.45. The van der Waals surface area contributed by atoms with E-state index in [4.69, 9.17) is 4.74 Å². The summed E-state index contributed by atoms with van der Waals surface area (Å²) in [5.74, 6) is 0.137. The molecule has 1 saturated heterocycles. The first-order valence-electron chi connectivity index (χ1n) is 10.4. The molecule has 0 bridgehead atoms. The Balaban J connectivity index is 1.41. The van der Waals surface area contributed by atoms with E-state index in [0.717, 1.165) is 18.4 Å². The number of nitrogens with one attached hydrogen (secondary N) is 1. The summed E-state index contributed by atoms with van der Waals surface area (Å²) in [5, 5.41) is 2.82. The van der Waals surface area contributed by atoms with Crippen LogP contribution >= 0.6 is 0 Å². The first-order chi connectivity index (χ1) is 14.7. The van der Waals surface area contributed by atoms with Crippen LogP contribution in [0, 0.1) is 0 Å². The van der Waals surface area contributed by atoms with E-state index < -0.39 is 15.6 Å². The Labute approximate surface area is 182 Å². The Bertz CT molecular complexity index is 1120. The van der Waals surface area contributed by atoms with E-state index >= 15 is 0 Å². The average Bonchev–Trinajstić information content (AvgIpc) is 3.27. The minimum Gasteiger partial charge on any atom is -0.487 e. The lowest BCUT2D eigenvalue weighted by atomic mass is 9.92. The van der Waals surface area contributed by atoms with E-state index in [1.54, 1.807) is 42.5 Å². The molecule has 4 rings (SSSR count). The molecule has 2 aliphatic heterocycles. The zero-order chi connectivity index (χ0) is 22.2. The first-order valence-corrected chi connectivity index (χ1v) is 11.8. The largest absolute Gasteiger partial charge is 0.487 e. The number of sulfonamides is 1. The van der Waals surface area contributed by atoms with E-state index in [-0.39, 0.29) is 29.6 Å². The Morgan fingerprint density at radius 3 is 2.45 bits per heavy atom. The number of carbonyl (C=O) groups excluding carboxylic acids is 2. The van der Waals surface area contributed by atoms with Crippen molar-refractivity contribution in [1.29, 1.82) is 0 Å². The smallest absolute Gasteiger partial charge is 0.251 e. The Hall–Kier alpha value is -2.71. The van der Waals surface area contributed by atoms with Crippen molar-refractivity contribution in [2.24, 2.45) is 0 Å². The van der Waals surface area contributed by atoms with Crippen LogP contribution in [0.4, 0.5) is 0 Å². The first kappa shape index (κ1) is 21.5. The van der Waals surface area contributed by atoms with Gasteiger partial charge in [-0.25, -0.2) is 8.42 Å². The van der Waals surface area contributed by atoms with Gasteiger partial charge in [0.25, 0.3) is 5.91 Å². The van der Waals surface area contributed by atoms with Crippen LogP contribution in [-0.4, -0.2) is 43.1 Å². The molecule has 0 spiro atoms. The van der Waals surface area contributed by atoms with E-state index in [1.807, 2.05) is 13.8 Å². The summed E-state index contributed by atoms with van der Waals surface area (Å²) in [6, 6.07) is 11.4. The summed E-state index contributed by atoms with van der Waals surface area (Å²) >= 11 is 0. The fourth-order valence-electron chi connectivity index (χ4n) is 3.93. The third-order valence-corrected chi connectivity index (χ3v) is 7.51. The summed E-state index contributed by atoms with van der Waals surface area (Å²) in [7, 11) is -3.45. The van der Waals surface area contributed by atoms with Crippen molar-refractivity contribution in [1.82, 2.24) is 9.62 Å². The highest BCUT2D eigenvalue weighted by Gasteiger charge is 2.33. The van der Waals surface area contributed by atoms with E-state index in [1.165, 1.54) is 4.31 Å². The molecular formula is C23H26N2O5S. The van der Waals surface area contributed by atoms with Crippen LogP contribution in [0.15, 0.2) is 47.4 Å². The maximum absolute atomic E-state index is 12.6. The van der Waals surface area contributed by atoms with Gasteiger partial charge < -0.3 is 10.1 Å². The van der Waals surface area contributed by atoms with Crippen molar-refractivity contribution in [2.45, 2.75) is 50.2 Å². The minimum absolute atomic E-state index is 0.0456. The molecule has 2 aromatic rings. The van der Waals surface area contributed by atoms with Gasteiger partial charge in [0.05, 0.1) is 16.9 Å². The standard InChI is InChI=1S/C23H26N2O5S/c1-23(2)14-20(26)19-13-17(7-10-21(19)30-23)22(27)24-15-16-5-8-18(9-6-16)31(28,29)25-11-3-4-12-25/h5-10,13H,3-4,11-12,14-15H2,1-2H3,(H,24,27). The number of benzene rings is 2. The van der Waals surface area contributed by atoms with Crippen LogP contribution in [0.5, 0.6) is 5.75 Å². The number of amides is 1. The van der Waals surface area contributed by atoms with Gasteiger partial charge in [-0.1, -0.05) is 12.1 Å². The quantitative estimate of drug-likeness (QED) is 0.768. The number of hydrogen-bond acceptors (Lipinski definition) is 5. The molecule has 0 saturated carbocycles. The summed E-state index contributed by atoms with van der Waals surface area (Å²) in [6.07, 6.45) is 2.04. The molecule has 8 heteroatoms. The van der Waals surface area contributed by atoms with Crippen LogP contribution in [0.1, 0.15) is 59.4 Å². The van der Waals surface area contributed by atoms with Crippen LogP contribution in [0.25, 0.3) is 0 Å². The predicted octanol–water partition coefficient (Wildman–Crippen LogP) is 3.14. The third kappa shape index (κ3) is 4.50. The average molecular weight is 443 g/mol. The minimum atomic E-state index is -3.45. The normalized spacial score (nSPS) is 18.3. The number of rotatable bonds is 5. The second kappa shape index (κ2) is 8.09. The predicted molar refractivity (Wildman–Crippen MR) is 116 cm³/mol. The number of hydrogen-bond donors (Lipinski definition) is 1. The Morgan fingerprint density at radius 2 is 1.77 bits per heavy atom.